The smallest absolute Gasteiger partial charge is 0.148 e. The predicted molar refractivity (Wildman–Crippen MR) is 83.0 cm³/mol. The maximum Gasteiger partial charge on any atom is 0.148 e. The molecule has 0 amide bonds. The SMILES string of the molecule is CNC(c1ccc(Br)c(Cl)c1F)c1c(F)cccc1OC. The molecule has 0 bridgehead atoms. The summed E-state index contributed by atoms with van der Waals surface area (Å²) in [5, 5.41) is 2.86. The molecule has 0 saturated carbocycles. The average molecular weight is 377 g/mol. The van der Waals surface area contributed by atoms with Gasteiger partial charge in [0.2, 0.25) is 0 Å². The third-order valence-corrected chi connectivity index (χ3v) is 4.44. The fraction of sp³-hybridized carbons (Fsp3) is 0.200. The lowest BCUT2D eigenvalue weighted by Crippen LogP contribution is -2.21. The highest BCUT2D eigenvalue weighted by atomic mass is 79.9. The van der Waals surface area contributed by atoms with Crippen molar-refractivity contribution in [3.8, 4) is 5.75 Å². The van der Waals surface area contributed by atoms with Gasteiger partial charge < -0.3 is 10.1 Å². The minimum absolute atomic E-state index is 0.0388. The lowest BCUT2D eigenvalue weighted by atomic mass is 9.97. The highest BCUT2D eigenvalue weighted by Gasteiger charge is 2.25. The zero-order valence-electron chi connectivity index (χ0n) is 11.4. The van der Waals surface area contributed by atoms with Gasteiger partial charge in [0, 0.05) is 10.0 Å². The lowest BCUT2D eigenvalue weighted by Gasteiger charge is -2.21. The summed E-state index contributed by atoms with van der Waals surface area (Å²) in [7, 11) is 3.06. The fourth-order valence-corrected chi connectivity index (χ4v) is 2.67. The topological polar surface area (TPSA) is 21.3 Å². The third kappa shape index (κ3) is 3.05. The lowest BCUT2D eigenvalue weighted by molar-refractivity contribution is 0.397. The Morgan fingerprint density at radius 1 is 1.24 bits per heavy atom. The second-order valence-corrected chi connectivity index (χ2v) is 5.57. The standard InChI is InChI=1S/C15H13BrClF2NO/c1-20-15(8-6-7-9(16)13(17)14(8)19)12-10(18)4-3-5-11(12)21-2/h3-7,15,20H,1-2H3. The summed E-state index contributed by atoms with van der Waals surface area (Å²) in [5.41, 5.74) is 0.480. The van der Waals surface area contributed by atoms with Crippen molar-refractivity contribution in [2.24, 2.45) is 0 Å². The van der Waals surface area contributed by atoms with Crippen molar-refractivity contribution in [3.63, 3.8) is 0 Å². The van der Waals surface area contributed by atoms with Crippen LogP contribution in [-0.2, 0) is 0 Å². The molecule has 112 valence electrons. The number of halogens is 4. The van der Waals surface area contributed by atoms with Gasteiger partial charge in [-0.3, -0.25) is 0 Å². The number of ether oxygens (including phenoxy) is 1. The summed E-state index contributed by atoms with van der Waals surface area (Å²) in [5.74, 6) is -0.740. The summed E-state index contributed by atoms with van der Waals surface area (Å²) in [6, 6.07) is 6.93. The van der Waals surface area contributed by atoms with E-state index in [0.717, 1.165) is 0 Å². The zero-order valence-corrected chi connectivity index (χ0v) is 13.7. The van der Waals surface area contributed by atoms with Gasteiger partial charge in [0.25, 0.3) is 0 Å². The number of nitrogens with one attached hydrogen (secondary N) is 1. The van der Waals surface area contributed by atoms with Crippen LogP contribution in [0.4, 0.5) is 8.78 Å². The first kappa shape index (κ1) is 16.2. The Bertz CT molecular complexity index is 666. The van der Waals surface area contributed by atoms with Crippen molar-refractivity contribution >= 4 is 27.5 Å². The first-order valence-electron chi connectivity index (χ1n) is 6.14. The van der Waals surface area contributed by atoms with Crippen LogP contribution in [0.25, 0.3) is 0 Å². The number of hydrogen-bond donors (Lipinski definition) is 1. The van der Waals surface area contributed by atoms with E-state index in [1.165, 1.54) is 19.2 Å². The second-order valence-electron chi connectivity index (χ2n) is 4.34. The number of benzene rings is 2. The third-order valence-electron chi connectivity index (χ3n) is 3.19. The average Bonchev–Trinajstić information content (AvgIpc) is 2.49. The van der Waals surface area contributed by atoms with Crippen molar-refractivity contribution < 1.29 is 13.5 Å². The minimum Gasteiger partial charge on any atom is -0.496 e. The molecule has 1 atom stereocenters. The van der Waals surface area contributed by atoms with Crippen LogP contribution in [0.1, 0.15) is 17.2 Å². The summed E-state index contributed by atoms with van der Waals surface area (Å²) < 4.78 is 34.2. The Kier molecular flexibility index (Phi) is 5.19. The van der Waals surface area contributed by atoms with Gasteiger partial charge in [-0.05, 0) is 41.2 Å². The van der Waals surface area contributed by atoms with Gasteiger partial charge in [0.05, 0.1) is 23.7 Å². The molecule has 0 fully saturated rings. The highest BCUT2D eigenvalue weighted by molar-refractivity contribution is 9.10. The van der Waals surface area contributed by atoms with Crippen LogP contribution in [0, 0.1) is 11.6 Å². The van der Waals surface area contributed by atoms with E-state index in [-0.39, 0.29) is 16.1 Å². The normalized spacial score (nSPS) is 12.3. The molecule has 0 aliphatic carbocycles. The van der Waals surface area contributed by atoms with Gasteiger partial charge in [-0.2, -0.15) is 0 Å². The maximum atomic E-state index is 14.4. The molecule has 1 N–H and O–H groups in total. The molecular formula is C15H13BrClF2NO. The van der Waals surface area contributed by atoms with E-state index in [1.54, 1.807) is 25.2 Å². The van der Waals surface area contributed by atoms with Crippen molar-refractivity contribution in [2.45, 2.75) is 6.04 Å². The Hall–Kier alpha value is -1.17. The van der Waals surface area contributed by atoms with E-state index in [1.807, 2.05) is 0 Å². The van der Waals surface area contributed by atoms with E-state index in [2.05, 4.69) is 21.2 Å². The van der Waals surface area contributed by atoms with E-state index in [0.29, 0.717) is 10.2 Å². The van der Waals surface area contributed by atoms with Crippen LogP contribution in [0.15, 0.2) is 34.8 Å². The van der Waals surface area contributed by atoms with Gasteiger partial charge in [-0.15, -0.1) is 0 Å². The highest BCUT2D eigenvalue weighted by Crippen LogP contribution is 2.36. The molecule has 2 aromatic carbocycles. The van der Waals surface area contributed by atoms with Crippen LogP contribution in [-0.4, -0.2) is 14.2 Å². The Balaban J connectivity index is 2.63. The van der Waals surface area contributed by atoms with E-state index in [9.17, 15) is 8.78 Å². The van der Waals surface area contributed by atoms with Crippen LogP contribution in [0.3, 0.4) is 0 Å². The zero-order chi connectivity index (χ0) is 15.6. The van der Waals surface area contributed by atoms with Gasteiger partial charge >= 0.3 is 0 Å². The van der Waals surface area contributed by atoms with E-state index < -0.39 is 17.7 Å². The number of hydrogen-bond acceptors (Lipinski definition) is 2. The largest absolute Gasteiger partial charge is 0.496 e. The monoisotopic (exact) mass is 375 g/mol. The summed E-state index contributed by atoms with van der Waals surface area (Å²) in [6.07, 6.45) is 0. The first-order valence-corrected chi connectivity index (χ1v) is 7.31. The second kappa shape index (κ2) is 6.73. The first-order chi connectivity index (χ1) is 10.0. The number of rotatable bonds is 4. The molecule has 0 aliphatic rings. The molecule has 0 radical (unpaired) electrons. The van der Waals surface area contributed by atoms with Crippen LogP contribution < -0.4 is 10.1 Å². The van der Waals surface area contributed by atoms with Crippen LogP contribution >= 0.6 is 27.5 Å². The van der Waals surface area contributed by atoms with Gasteiger partial charge in [0.15, 0.2) is 0 Å². The van der Waals surface area contributed by atoms with Gasteiger partial charge in [-0.1, -0.05) is 23.7 Å². The molecule has 0 aliphatic heterocycles. The Morgan fingerprint density at radius 3 is 2.57 bits per heavy atom. The summed E-state index contributed by atoms with van der Waals surface area (Å²) in [4.78, 5) is 0. The molecule has 6 heteroatoms. The molecule has 0 aromatic heterocycles. The Morgan fingerprint density at radius 2 is 1.95 bits per heavy atom. The minimum atomic E-state index is -0.716. The van der Waals surface area contributed by atoms with Crippen molar-refractivity contribution in [3.05, 3.63) is 62.6 Å². The molecule has 0 spiro atoms. The van der Waals surface area contributed by atoms with E-state index >= 15 is 0 Å². The molecule has 0 heterocycles. The molecule has 2 nitrogen and oxygen atoms in total. The number of methoxy groups -OCH3 is 1. The Labute approximate surface area is 135 Å². The molecule has 2 aromatic rings. The molecular weight excluding hydrogens is 364 g/mol. The molecule has 1 unspecified atom stereocenters. The van der Waals surface area contributed by atoms with E-state index in [4.69, 9.17) is 16.3 Å². The van der Waals surface area contributed by atoms with Crippen molar-refractivity contribution in [2.75, 3.05) is 14.2 Å². The maximum absolute atomic E-state index is 14.4. The molecule has 21 heavy (non-hydrogen) atoms. The summed E-state index contributed by atoms with van der Waals surface area (Å²) in [6.45, 7) is 0. The van der Waals surface area contributed by atoms with Gasteiger partial charge in [-0.25, -0.2) is 8.78 Å². The fourth-order valence-electron chi connectivity index (χ4n) is 2.19. The summed E-state index contributed by atoms with van der Waals surface area (Å²) >= 11 is 9.07. The van der Waals surface area contributed by atoms with Crippen molar-refractivity contribution in [1.29, 1.82) is 0 Å². The van der Waals surface area contributed by atoms with Crippen molar-refractivity contribution in [1.82, 2.24) is 5.32 Å². The van der Waals surface area contributed by atoms with Crippen LogP contribution in [0.2, 0.25) is 5.02 Å². The predicted octanol–water partition coefficient (Wildman–Crippen LogP) is 4.70. The molecule has 2 rings (SSSR count). The molecule has 0 saturated heterocycles. The van der Waals surface area contributed by atoms with Gasteiger partial charge in [0.1, 0.15) is 17.4 Å². The van der Waals surface area contributed by atoms with Crippen LogP contribution in [0.5, 0.6) is 5.75 Å². The quantitative estimate of drug-likeness (QED) is 0.781.